The number of aryl methyl sites for hydroxylation is 1. The molecule has 1 fully saturated rings. The number of aliphatic carboxylic acids is 1. The zero-order valence-corrected chi connectivity index (χ0v) is 25.2. The average Bonchev–Trinajstić information content (AvgIpc) is 3.47. The quantitative estimate of drug-likeness (QED) is 0.182. The van der Waals surface area contributed by atoms with Gasteiger partial charge in [-0.3, -0.25) is 9.59 Å². The number of hydrogen-bond acceptors (Lipinski definition) is 9. The van der Waals surface area contributed by atoms with Crippen LogP contribution >= 0.6 is 11.8 Å². The van der Waals surface area contributed by atoms with Gasteiger partial charge in [-0.15, -0.1) is 5.10 Å². The second kappa shape index (κ2) is 15.1. The first-order valence-electron chi connectivity index (χ1n) is 14.4. The minimum absolute atomic E-state index is 0.0129. The van der Waals surface area contributed by atoms with Gasteiger partial charge in [0.15, 0.2) is 6.29 Å². The molecule has 0 saturated carbocycles. The van der Waals surface area contributed by atoms with Crippen LogP contribution in [0.3, 0.4) is 0 Å². The van der Waals surface area contributed by atoms with Crippen LogP contribution in [0.25, 0.3) is 11.1 Å². The summed E-state index contributed by atoms with van der Waals surface area (Å²) in [6.45, 7) is 0.354. The van der Waals surface area contributed by atoms with Crippen LogP contribution in [0, 0.1) is 0 Å². The number of carbonyl (C=O) groups is 2. The molecule has 1 aliphatic rings. The fourth-order valence-corrected chi connectivity index (χ4v) is 5.78. The van der Waals surface area contributed by atoms with E-state index in [1.165, 1.54) is 11.8 Å². The van der Waals surface area contributed by atoms with Gasteiger partial charge in [0.05, 0.1) is 18.8 Å². The fourth-order valence-electron chi connectivity index (χ4n) is 4.92. The number of amides is 1. The highest BCUT2D eigenvalue weighted by molar-refractivity contribution is 7.99. The molecule has 1 amide bonds. The monoisotopic (exact) mass is 617 g/mol. The van der Waals surface area contributed by atoms with E-state index < -0.39 is 12.3 Å². The highest BCUT2D eigenvalue weighted by atomic mass is 32.2. The molecule has 12 heteroatoms. The van der Waals surface area contributed by atoms with E-state index in [2.05, 4.69) is 20.8 Å². The number of aliphatic hydroxyl groups is 1. The van der Waals surface area contributed by atoms with Crippen LogP contribution in [0.15, 0.2) is 78.0 Å². The number of aliphatic hydroxyl groups excluding tert-OH is 1. The molecule has 0 aliphatic carbocycles. The summed E-state index contributed by atoms with van der Waals surface area (Å²) >= 11 is 1.54. The lowest BCUT2D eigenvalue weighted by molar-refractivity contribution is -0.245. The Morgan fingerprint density at radius 2 is 1.75 bits per heavy atom. The molecule has 5 rings (SSSR count). The molecule has 4 aromatic rings. The van der Waals surface area contributed by atoms with Crippen molar-refractivity contribution in [3.05, 3.63) is 95.1 Å². The van der Waals surface area contributed by atoms with E-state index in [0.717, 1.165) is 33.4 Å². The molecule has 44 heavy (non-hydrogen) atoms. The lowest BCUT2D eigenvalue weighted by Crippen LogP contribution is -2.31. The Hall–Kier alpha value is -4.10. The normalized spacial score (nSPS) is 18.2. The van der Waals surface area contributed by atoms with Crippen molar-refractivity contribution in [1.29, 1.82) is 0 Å². The minimum Gasteiger partial charge on any atom is -0.481 e. The van der Waals surface area contributed by atoms with Crippen LogP contribution in [0.5, 0.6) is 0 Å². The number of rotatable bonds is 13. The molecule has 2 heterocycles. The summed E-state index contributed by atoms with van der Waals surface area (Å²) in [6, 6.07) is 23.8. The van der Waals surface area contributed by atoms with Gasteiger partial charge in [0, 0.05) is 44.2 Å². The molecule has 230 valence electrons. The van der Waals surface area contributed by atoms with Crippen molar-refractivity contribution in [1.82, 2.24) is 25.5 Å². The largest absolute Gasteiger partial charge is 0.481 e. The van der Waals surface area contributed by atoms with Crippen LogP contribution in [0.2, 0.25) is 0 Å². The molecule has 3 aromatic carbocycles. The van der Waals surface area contributed by atoms with Crippen molar-refractivity contribution in [2.75, 3.05) is 5.75 Å². The first-order chi connectivity index (χ1) is 21.4. The predicted octanol–water partition coefficient (Wildman–Crippen LogP) is 4.58. The van der Waals surface area contributed by atoms with E-state index in [9.17, 15) is 14.7 Å². The van der Waals surface area contributed by atoms with E-state index in [1.54, 1.807) is 11.7 Å². The maximum atomic E-state index is 12.1. The van der Waals surface area contributed by atoms with Crippen LogP contribution in [0.1, 0.15) is 60.3 Å². The number of aromatic nitrogens is 4. The summed E-state index contributed by atoms with van der Waals surface area (Å²) in [5.74, 6) is -0.414. The number of benzene rings is 3. The van der Waals surface area contributed by atoms with Gasteiger partial charge in [0.25, 0.3) is 0 Å². The number of thioether (sulfide) groups is 1. The summed E-state index contributed by atoms with van der Waals surface area (Å²) in [6.07, 6.45) is 0.255. The highest BCUT2D eigenvalue weighted by Gasteiger charge is 2.32. The number of nitrogens with zero attached hydrogens (tertiary/aromatic N) is 4. The smallest absolute Gasteiger partial charge is 0.303 e. The summed E-state index contributed by atoms with van der Waals surface area (Å²) in [4.78, 5) is 22.7. The maximum Gasteiger partial charge on any atom is 0.303 e. The zero-order valence-electron chi connectivity index (χ0n) is 24.3. The highest BCUT2D eigenvalue weighted by Crippen LogP contribution is 2.39. The third-order valence-electron chi connectivity index (χ3n) is 7.32. The van der Waals surface area contributed by atoms with Crippen molar-refractivity contribution >= 4 is 23.6 Å². The van der Waals surface area contributed by atoms with Gasteiger partial charge in [-0.05, 0) is 50.7 Å². The lowest BCUT2D eigenvalue weighted by Gasteiger charge is -2.36. The molecular formula is C32H35N5O6S. The van der Waals surface area contributed by atoms with Crippen LogP contribution in [-0.2, 0) is 39.3 Å². The molecular weight excluding hydrogens is 582 g/mol. The van der Waals surface area contributed by atoms with E-state index >= 15 is 0 Å². The number of carboxylic acid groups (broad SMARTS) is 1. The number of ether oxygens (including phenoxy) is 2. The van der Waals surface area contributed by atoms with Crippen molar-refractivity contribution in [3.63, 3.8) is 0 Å². The third kappa shape index (κ3) is 8.50. The Labute approximate surface area is 259 Å². The fraction of sp³-hybridized carbons (Fsp3) is 0.344. The standard InChI is InChI=1S/C32H35N5O6S/c1-37-32(34-35-36-37)44-20-27-17-28(24-10-8-21(19-38)9-11-24)43-31(42-27)25-14-12-23(13-15-25)26-5-2-4-22(16-26)18-33-29(39)6-3-7-30(40)41/h2,4-5,8-16,27-28,31,38H,3,6-7,17-20H2,1H3,(H,33,39)(H,40,41). The minimum atomic E-state index is -0.901. The SMILES string of the molecule is Cn1nnnc1SCC1CC(c2ccc(CO)cc2)OC(c2ccc(-c3cccc(CNC(=O)CCCC(=O)O)c3)cc2)O1. The van der Waals surface area contributed by atoms with Crippen molar-refractivity contribution in [3.8, 4) is 11.1 Å². The third-order valence-corrected chi connectivity index (χ3v) is 8.46. The van der Waals surface area contributed by atoms with Crippen LogP contribution in [0.4, 0.5) is 0 Å². The molecule has 0 radical (unpaired) electrons. The number of tetrazole rings is 1. The topological polar surface area (TPSA) is 149 Å². The Kier molecular flexibility index (Phi) is 10.7. The molecule has 3 unspecified atom stereocenters. The van der Waals surface area contributed by atoms with Gasteiger partial charge in [-0.25, -0.2) is 4.68 Å². The van der Waals surface area contributed by atoms with Gasteiger partial charge in [0.1, 0.15) is 0 Å². The molecule has 0 bridgehead atoms. The van der Waals surface area contributed by atoms with E-state index in [4.69, 9.17) is 14.6 Å². The Morgan fingerprint density at radius 1 is 0.977 bits per heavy atom. The lowest BCUT2D eigenvalue weighted by atomic mass is 9.99. The van der Waals surface area contributed by atoms with Gasteiger partial charge >= 0.3 is 5.97 Å². The molecule has 0 spiro atoms. The van der Waals surface area contributed by atoms with Gasteiger partial charge in [-0.2, -0.15) is 0 Å². The van der Waals surface area contributed by atoms with Crippen molar-refractivity contribution in [2.45, 2.75) is 62.5 Å². The maximum absolute atomic E-state index is 12.1. The zero-order chi connectivity index (χ0) is 30.9. The first-order valence-corrected chi connectivity index (χ1v) is 15.4. The first kappa shape index (κ1) is 31.3. The Morgan fingerprint density at radius 3 is 2.45 bits per heavy atom. The van der Waals surface area contributed by atoms with Crippen LogP contribution in [-0.4, -0.2) is 54.2 Å². The summed E-state index contributed by atoms with van der Waals surface area (Å²) in [5, 5.41) is 33.5. The molecule has 1 aromatic heterocycles. The summed E-state index contributed by atoms with van der Waals surface area (Å²) in [5.41, 5.74) is 5.73. The Balaban J connectivity index is 1.26. The van der Waals surface area contributed by atoms with Gasteiger partial charge in [-0.1, -0.05) is 78.5 Å². The predicted molar refractivity (Wildman–Crippen MR) is 163 cm³/mol. The summed E-state index contributed by atoms with van der Waals surface area (Å²) in [7, 11) is 1.81. The number of nitrogens with one attached hydrogen (secondary N) is 1. The van der Waals surface area contributed by atoms with E-state index in [1.807, 2.05) is 72.8 Å². The number of carbonyl (C=O) groups excluding carboxylic acids is 1. The van der Waals surface area contributed by atoms with Crippen LogP contribution < -0.4 is 5.32 Å². The summed E-state index contributed by atoms with van der Waals surface area (Å²) < 4.78 is 14.5. The van der Waals surface area contributed by atoms with Crippen molar-refractivity contribution in [2.24, 2.45) is 7.05 Å². The molecule has 1 saturated heterocycles. The second-order valence-corrected chi connectivity index (χ2v) is 11.6. The second-order valence-electron chi connectivity index (χ2n) is 10.6. The molecule has 11 nitrogen and oxygen atoms in total. The van der Waals surface area contributed by atoms with Crippen molar-refractivity contribution < 1.29 is 29.3 Å². The number of hydrogen-bond donors (Lipinski definition) is 3. The van der Waals surface area contributed by atoms with E-state index in [0.29, 0.717) is 30.3 Å². The van der Waals surface area contributed by atoms with Gasteiger partial charge < -0.3 is 25.0 Å². The van der Waals surface area contributed by atoms with E-state index in [-0.39, 0.29) is 37.6 Å². The molecule has 1 aliphatic heterocycles. The molecule has 3 atom stereocenters. The average molecular weight is 618 g/mol. The van der Waals surface area contributed by atoms with Gasteiger partial charge in [0.2, 0.25) is 11.1 Å². The molecule has 3 N–H and O–H groups in total. The number of carboxylic acids is 1. The Bertz CT molecular complexity index is 1550.